The summed E-state index contributed by atoms with van der Waals surface area (Å²) in [5.41, 5.74) is 5.44. The summed E-state index contributed by atoms with van der Waals surface area (Å²) in [6.45, 7) is -0.359. The van der Waals surface area contributed by atoms with Crippen LogP contribution < -0.4 is 5.73 Å². The molecule has 0 aromatic heterocycles. The fraction of sp³-hybridized carbons (Fsp3) is 1.00. The lowest BCUT2D eigenvalue weighted by atomic mass is 10.0. The molecule has 0 aromatic rings. The monoisotopic (exact) mass is 195 g/mol. The number of rotatable bonds is 1. The average Bonchev–Trinajstić information content (AvgIpc) is 2.08. The quantitative estimate of drug-likeness (QED) is 0.303. The number of ether oxygens (including phenoxy) is 1. The van der Waals surface area contributed by atoms with E-state index in [2.05, 4.69) is 12.6 Å². The van der Waals surface area contributed by atoms with Gasteiger partial charge in [-0.1, -0.05) is 0 Å². The van der Waals surface area contributed by atoms with E-state index in [4.69, 9.17) is 20.7 Å². The van der Waals surface area contributed by atoms with Crippen molar-refractivity contribution in [3.63, 3.8) is 0 Å². The molecule has 0 radical (unpaired) electrons. The van der Waals surface area contributed by atoms with E-state index in [-0.39, 0.29) is 6.61 Å². The van der Waals surface area contributed by atoms with Crippen molar-refractivity contribution in [1.82, 2.24) is 0 Å². The zero-order chi connectivity index (χ0) is 9.30. The summed E-state index contributed by atoms with van der Waals surface area (Å²) >= 11 is 4.00. The topological polar surface area (TPSA) is 95.9 Å². The van der Waals surface area contributed by atoms with E-state index in [0.29, 0.717) is 0 Å². The van der Waals surface area contributed by atoms with Crippen LogP contribution in [0, 0.1) is 0 Å². The van der Waals surface area contributed by atoms with Crippen LogP contribution in [-0.4, -0.2) is 51.7 Å². The molecule has 1 aliphatic heterocycles. The molecule has 6 heteroatoms. The van der Waals surface area contributed by atoms with Crippen LogP contribution in [0.4, 0.5) is 0 Å². The predicted octanol–water partition coefficient (Wildman–Crippen LogP) is -2.32. The van der Waals surface area contributed by atoms with Crippen LogP contribution >= 0.6 is 12.6 Å². The average molecular weight is 195 g/mol. The minimum absolute atomic E-state index is 0.359. The van der Waals surface area contributed by atoms with Crippen molar-refractivity contribution in [1.29, 1.82) is 0 Å². The standard InChI is InChI=1S/C6H13NO4S/c7-3-5(12)4(9)2(1-8)11-6(3)10/h2-6,8-10,12H,1,7H2. The fourth-order valence-electron chi connectivity index (χ4n) is 1.12. The largest absolute Gasteiger partial charge is 0.394 e. The third-order valence-corrected chi connectivity index (χ3v) is 2.60. The lowest BCUT2D eigenvalue weighted by Gasteiger charge is -2.38. The Bertz CT molecular complexity index is 154. The van der Waals surface area contributed by atoms with E-state index < -0.39 is 29.8 Å². The minimum atomic E-state index is -1.17. The van der Waals surface area contributed by atoms with Gasteiger partial charge in [0, 0.05) is 0 Å². The highest BCUT2D eigenvalue weighted by Crippen LogP contribution is 2.21. The summed E-state index contributed by atoms with van der Waals surface area (Å²) < 4.78 is 4.81. The van der Waals surface area contributed by atoms with Crippen molar-refractivity contribution in [3.8, 4) is 0 Å². The van der Waals surface area contributed by atoms with Crippen LogP contribution in [0.5, 0.6) is 0 Å². The first-order chi connectivity index (χ1) is 5.57. The van der Waals surface area contributed by atoms with E-state index in [1.807, 2.05) is 0 Å². The van der Waals surface area contributed by atoms with E-state index in [1.54, 1.807) is 0 Å². The number of hydrogen-bond donors (Lipinski definition) is 5. The molecule has 5 atom stereocenters. The van der Waals surface area contributed by atoms with Gasteiger partial charge >= 0.3 is 0 Å². The van der Waals surface area contributed by atoms with Gasteiger partial charge in [-0.25, -0.2) is 0 Å². The molecule has 0 bridgehead atoms. The molecule has 1 heterocycles. The third kappa shape index (κ3) is 1.73. The molecule has 0 aromatic carbocycles. The van der Waals surface area contributed by atoms with Gasteiger partial charge in [0.25, 0.3) is 0 Å². The Labute approximate surface area is 75.5 Å². The molecule has 0 saturated carbocycles. The summed E-state index contributed by atoms with van der Waals surface area (Å²) in [5.74, 6) is 0. The first-order valence-corrected chi connectivity index (χ1v) is 4.15. The molecule has 1 saturated heterocycles. The van der Waals surface area contributed by atoms with Gasteiger partial charge in [0.2, 0.25) is 0 Å². The van der Waals surface area contributed by atoms with Gasteiger partial charge in [-0.3, -0.25) is 0 Å². The maximum atomic E-state index is 9.37. The second kappa shape index (κ2) is 3.91. The maximum absolute atomic E-state index is 9.37. The van der Waals surface area contributed by atoms with Crippen molar-refractivity contribution in [3.05, 3.63) is 0 Å². The molecule has 1 fully saturated rings. The van der Waals surface area contributed by atoms with Crippen molar-refractivity contribution in [2.24, 2.45) is 5.73 Å². The molecule has 72 valence electrons. The normalized spacial score (nSPS) is 49.2. The van der Waals surface area contributed by atoms with Crippen LogP contribution in [0.1, 0.15) is 0 Å². The smallest absolute Gasteiger partial charge is 0.171 e. The summed E-state index contributed by atoms with van der Waals surface area (Å²) in [7, 11) is 0. The molecular formula is C6H13NO4S. The van der Waals surface area contributed by atoms with Crippen molar-refractivity contribution in [2.45, 2.75) is 29.8 Å². The lowest BCUT2D eigenvalue weighted by Crippen LogP contribution is -2.59. The second-order valence-electron chi connectivity index (χ2n) is 2.81. The molecule has 12 heavy (non-hydrogen) atoms. The molecule has 0 spiro atoms. The highest BCUT2D eigenvalue weighted by atomic mass is 32.1. The molecule has 1 aliphatic rings. The van der Waals surface area contributed by atoms with Gasteiger partial charge in [0.15, 0.2) is 6.29 Å². The van der Waals surface area contributed by atoms with Crippen LogP contribution in [0.2, 0.25) is 0 Å². The van der Waals surface area contributed by atoms with Gasteiger partial charge < -0.3 is 25.8 Å². The van der Waals surface area contributed by atoms with E-state index in [1.165, 1.54) is 0 Å². The molecule has 0 aliphatic carbocycles. The van der Waals surface area contributed by atoms with Gasteiger partial charge in [-0.2, -0.15) is 12.6 Å². The van der Waals surface area contributed by atoms with Gasteiger partial charge in [0.05, 0.1) is 24.0 Å². The predicted molar refractivity (Wildman–Crippen MR) is 44.7 cm³/mol. The Kier molecular flexibility index (Phi) is 3.33. The Morgan fingerprint density at radius 3 is 2.50 bits per heavy atom. The Morgan fingerprint density at radius 2 is 2.00 bits per heavy atom. The second-order valence-corrected chi connectivity index (χ2v) is 3.40. The highest BCUT2D eigenvalue weighted by molar-refractivity contribution is 7.81. The van der Waals surface area contributed by atoms with E-state index >= 15 is 0 Å². The van der Waals surface area contributed by atoms with Crippen LogP contribution in [-0.2, 0) is 4.74 Å². The Hall–Kier alpha value is 0.150. The number of hydrogen-bond acceptors (Lipinski definition) is 6. The highest BCUT2D eigenvalue weighted by Gasteiger charge is 2.40. The third-order valence-electron chi connectivity index (χ3n) is 1.95. The SMILES string of the molecule is NC1C(O)OC(CO)C(O)C1S. The Balaban J connectivity index is 2.63. The zero-order valence-electron chi connectivity index (χ0n) is 6.37. The minimum Gasteiger partial charge on any atom is -0.394 e. The molecular weight excluding hydrogens is 182 g/mol. The first-order valence-electron chi connectivity index (χ1n) is 3.64. The van der Waals surface area contributed by atoms with Crippen LogP contribution in [0.3, 0.4) is 0 Å². The lowest BCUT2D eigenvalue weighted by molar-refractivity contribution is -0.213. The zero-order valence-corrected chi connectivity index (χ0v) is 7.26. The molecule has 1 rings (SSSR count). The number of aliphatic hydroxyl groups is 3. The number of thiol groups is 1. The summed E-state index contributed by atoms with van der Waals surface area (Å²) in [6.07, 6.45) is -2.92. The molecule has 5 nitrogen and oxygen atoms in total. The van der Waals surface area contributed by atoms with E-state index in [9.17, 15) is 5.11 Å². The van der Waals surface area contributed by atoms with Gasteiger partial charge in [-0.05, 0) is 0 Å². The van der Waals surface area contributed by atoms with Gasteiger partial charge in [0.1, 0.15) is 6.10 Å². The van der Waals surface area contributed by atoms with Crippen molar-refractivity contribution < 1.29 is 20.1 Å². The summed E-state index contributed by atoms with van der Waals surface area (Å²) in [5, 5.41) is 26.7. The van der Waals surface area contributed by atoms with Crippen LogP contribution in [0.25, 0.3) is 0 Å². The number of aliphatic hydroxyl groups excluding tert-OH is 3. The van der Waals surface area contributed by atoms with Crippen molar-refractivity contribution >= 4 is 12.6 Å². The molecule has 0 amide bonds. The first kappa shape index (κ1) is 10.2. The fourth-order valence-corrected chi connectivity index (χ4v) is 1.46. The van der Waals surface area contributed by atoms with Crippen molar-refractivity contribution in [2.75, 3.05) is 6.61 Å². The molecule has 5 N–H and O–H groups in total. The van der Waals surface area contributed by atoms with Crippen LogP contribution in [0.15, 0.2) is 0 Å². The maximum Gasteiger partial charge on any atom is 0.171 e. The summed E-state index contributed by atoms with van der Waals surface area (Å²) in [6, 6.07) is -0.730. The molecule has 5 unspecified atom stereocenters. The van der Waals surface area contributed by atoms with Gasteiger partial charge in [-0.15, -0.1) is 0 Å². The number of nitrogens with two attached hydrogens (primary N) is 1. The summed E-state index contributed by atoms with van der Waals surface area (Å²) in [4.78, 5) is 0. The Morgan fingerprint density at radius 1 is 1.42 bits per heavy atom. The van der Waals surface area contributed by atoms with E-state index in [0.717, 1.165) is 0 Å².